The Labute approximate surface area is 89.0 Å². The Hall–Kier alpha value is -1.28. The van der Waals surface area contributed by atoms with Crippen LogP contribution in [-0.4, -0.2) is 7.11 Å². The van der Waals surface area contributed by atoms with Crippen LogP contribution in [0.1, 0.15) is 5.56 Å². The molecular weight excluding hydrogens is 192 g/mol. The Bertz CT molecular complexity index is 324. The normalized spacial score (nSPS) is 8.71. The molecule has 0 aliphatic carbocycles. The van der Waals surface area contributed by atoms with Crippen molar-refractivity contribution >= 4 is 11.3 Å². The summed E-state index contributed by atoms with van der Waals surface area (Å²) in [5.74, 6) is 0.926. The molecule has 14 heavy (non-hydrogen) atoms. The second-order valence-electron chi connectivity index (χ2n) is 2.81. The van der Waals surface area contributed by atoms with Crippen LogP contribution in [0.25, 0.3) is 0 Å². The van der Waals surface area contributed by atoms with Gasteiger partial charge in [-0.2, -0.15) is 11.3 Å². The van der Waals surface area contributed by atoms with Gasteiger partial charge in [-0.15, -0.1) is 0 Å². The predicted octanol–water partition coefficient (Wildman–Crippen LogP) is 3.75. The molecule has 0 saturated carbocycles. The van der Waals surface area contributed by atoms with Crippen LogP contribution < -0.4 is 4.74 Å². The number of thiophene rings is 1. The van der Waals surface area contributed by atoms with E-state index in [9.17, 15) is 0 Å². The molecular formula is C12H14OS. The maximum Gasteiger partial charge on any atom is 0.119 e. The van der Waals surface area contributed by atoms with E-state index in [0.717, 1.165) is 5.75 Å². The Morgan fingerprint density at radius 2 is 1.79 bits per heavy atom. The lowest BCUT2D eigenvalue weighted by molar-refractivity contribution is 0.414. The molecule has 2 aromatic rings. The molecule has 2 heteroatoms. The van der Waals surface area contributed by atoms with Gasteiger partial charge < -0.3 is 4.74 Å². The summed E-state index contributed by atoms with van der Waals surface area (Å²) in [6, 6.07) is 12.0. The zero-order chi connectivity index (χ0) is 10.2. The average molecular weight is 206 g/mol. The van der Waals surface area contributed by atoms with Crippen LogP contribution in [0.3, 0.4) is 0 Å². The zero-order valence-electron chi connectivity index (χ0n) is 8.44. The van der Waals surface area contributed by atoms with E-state index in [1.54, 1.807) is 18.4 Å². The standard InChI is InChI=1S/C8H10O.C4H4S/c1-7-4-3-5-8(6-7)9-2;1-2-4-5-3-1/h3-6H,1-2H3;1-4H. The molecule has 0 saturated heterocycles. The molecule has 1 nitrogen and oxygen atoms in total. The number of aryl methyl sites for hydroxylation is 1. The monoisotopic (exact) mass is 206 g/mol. The van der Waals surface area contributed by atoms with Gasteiger partial charge in [0.05, 0.1) is 7.11 Å². The van der Waals surface area contributed by atoms with Crippen LogP contribution in [0.2, 0.25) is 0 Å². The summed E-state index contributed by atoms with van der Waals surface area (Å²) >= 11 is 1.71. The van der Waals surface area contributed by atoms with Crippen molar-refractivity contribution in [3.8, 4) is 5.75 Å². The maximum atomic E-state index is 5.00. The lowest BCUT2D eigenvalue weighted by Crippen LogP contribution is -1.81. The molecule has 74 valence electrons. The number of ether oxygens (including phenoxy) is 1. The Morgan fingerprint density at radius 3 is 2.14 bits per heavy atom. The van der Waals surface area contributed by atoms with Gasteiger partial charge in [-0.1, -0.05) is 24.3 Å². The summed E-state index contributed by atoms with van der Waals surface area (Å²) in [6.45, 7) is 2.04. The van der Waals surface area contributed by atoms with E-state index in [-0.39, 0.29) is 0 Å². The van der Waals surface area contributed by atoms with Crippen molar-refractivity contribution in [2.75, 3.05) is 7.11 Å². The minimum Gasteiger partial charge on any atom is -0.497 e. The second-order valence-corrected chi connectivity index (χ2v) is 3.63. The Kier molecular flexibility index (Phi) is 4.79. The molecule has 0 atom stereocenters. The predicted molar refractivity (Wildman–Crippen MR) is 62.1 cm³/mol. The molecule has 0 N–H and O–H groups in total. The fourth-order valence-corrected chi connectivity index (χ4v) is 1.42. The lowest BCUT2D eigenvalue weighted by atomic mass is 10.2. The first-order valence-electron chi connectivity index (χ1n) is 4.41. The molecule has 0 fully saturated rings. The highest BCUT2D eigenvalue weighted by Gasteiger charge is 1.86. The number of hydrogen-bond donors (Lipinski definition) is 0. The molecule has 1 aromatic carbocycles. The zero-order valence-corrected chi connectivity index (χ0v) is 9.25. The van der Waals surface area contributed by atoms with E-state index in [4.69, 9.17) is 4.74 Å². The Morgan fingerprint density at radius 1 is 1.07 bits per heavy atom. The van der Waals surface area contributed by atoms with E-state index >= 15 is 0 Å². The molecule has 0 unspecified atom stereocenters. The van der Waals surface area contributed by atoms with E-state index in [1.807, 2.05) is 54.1 Å². The average Bonchev–Trinajstić information content (AvgIpc) is 2.75. The van der Waals surface area contributed by atoms with E-state index in [1.165, 1.54) is 5.56 Å². The highest BCUT2D eigenvalue weighted by Crippen LogP contribution is 2.10. The minimum atomic E-state index is 0.926. The van der Waals surface area contributed by atoms with Crippen molar-refractivity contribution in [2.45, 2.75) is 6.92 Å². The number of rotatable bonds is 1. The highest BCUT2D eigenvalue weighted by atomic mass is 32.1. The van der Waals surface area contributed by atoms with Crippen molar-refractivity contribution in [3.05, 3.63) is 52.7 Å². The summed E-state index contributed by atoms with van der Waals surface area (Å²) in [5, 5.41) is 4.08. The van der Waals surface area contributed by atoms with Crippen molar-refractivity contribution in [1.29, 1.82) is 0 Å². The molecule has 0 aliphatic heterocycles. The highest BCUT2D eigenvalue weighted by molar-refractivity contribution is 7.07. The van der Waals surface area contributed by atoms with Gasteiger partial charge in [-0.3, -0.25) is 0 Å². The number of benzene rings is 1. The van der Waals surface area contributed by atoms with Crippen LogP contribution in [0.5, 0.6) is 5.75 Å². The first kappa shape index (κ1) is 10.8. The summed E-state index contributed by atoms with van der Waals surface area (Å²) < 4.78 is 5.00. The van der Waals surface area contributed by atoms with Crippen LogP contribution in [0.4, 0.5) is 0 Å². The minimum absolute atomic E-state index is 0.926. The summed E-state index contributed by atoms with van der Waals surface area (Å²) in [7, 11) is 1.68. The third-order valence-electron chi connectivity index (χ3n) is 1.65. The van der Waals surface area contributed by atoms with Gasteiger partial charge in [0.25, 0.3) is 0 Å². The Balaban J connectivity index is 0.000000165. The van der Waals surface area contributed by atoms with Crippen LogP contribution in [-0.2, 0) is 0 Å². The molecule has 0 radical (unpaired) electrons. The van der Waals surface area contributed by atoms with Crippen molar-refractivity contribution in [3.63, 3.8) is 0 Å². The van der Waals surface area contributed by atoms with Crippen LogP contribution in [0, 0.1) is 6.92 Å². The maximum absolute atomic E-state index is 5.00. The lowest BCUT2D eigenvalue weighted by Gasteiger charge is -1.97. The van der Waals surface area contributed by atoms with Crippen LogP contribution in [0.15, 0.2) is 47.2 Å². The van der Waals surface area contributed by atoms with Gasteiger partial charge in [-0.25, -0.2) is 0 Å². The van der Waals surface area contributed by atoms with E-state index < -0.39 is 0 Å². The topological polar surface area (TPSA) is 9.23 Å². The molecule has 0 bridgehead atoms. The summed E-state index contributed by atoms with van der Waals surface area (Å²) in [4.78, 5) is 0. The van der Waals surface area contributed by atoms with Gasteiger partial charge in [-0.05, 0) is 35.4 Å². The van der Waals surface area contributed by atoms with Crippen molar-refractivity contribution < 1.29 is 4.74 Å². The molecule has 2 rings (SSSR count). The first-order chi connectivity index (χ1) is 6.83. The smallest absolute Gasteiger partial charge is 0.119 e. The molecule has 0 amide bonds. The summed E-state index contributed by atoms with van der Waals surface area (Å²) in [5.41, 5.74) is 1.23. The third kappa shape index (κ3) is 4.10. The molecule has 0 spiro atoms. The van der Waals surface area contributed by atoms with Crippen LogP contribution >= 0.6 is 11.3 Å². The number of methoxy groups -OCH3 is 1. The quantitative estimate of drug-likeness (QED) is 0.690. The SMILES string of the molecule is COc1cccc(C)c1.c1ccsc1. The summed E-state index contributed by atoms with van der Waals surface area (Å²) in [6.07, 6.45) is 0. The third-order valence-corrected chi connectivity index (χ3v) is 2.28. The van der Waals surface area contributed by atoms with E-state index in [0.29, 0.717) is 0 Å². The fraction of sp³-hybridized carbons (Fsp3) is 0.167. The first-order valence-corrected chi connectivity index (χ1v) is 5.35. The van der Waals surface area contributed by atoms with Gasteiger partial charge in [0, 0.05) is 0 Å². The molecule has 1 heterocycles. The van der Waals surface area contributed by atoms with Crippen molar-refractivity contribution in [1.82, 2.24) is 0 Å². The van der Waals surface area contributed by atoms with Crippen molar-refractivity contribution in [2.24, 2.45) is 0 Å². The molecule has 0 aliphatic rings. The largest absolute Gasteiger partial charge is 0.497 e. The van der Waals surface area contributed by atoms with E-state index in [2.05, 4.69) is 0 Å². The second kappa shape index (κ2) is 6.22. The van der Waals surface area contributed by atoms with Gasteiger partial charge in [0.1, 0.15) is 5.75 Å². The van der Waals surface area contributed by atoms with Gasteiger partial charge in [0.2, 0.25) is 0 Å². The van der Waals surface area contributed by atoms with Gasteiger partial charge in [0.15, 0.2) is 0 Å². The van der Waals surface area contributed by atoms with Gasteiger partial charge >= 0.3 is 0 Å². The fourth-order valence-electron chi connectivity index (χ4n) is 0.969. The molecule has 1 aromatic heterocycles. The number of hydrogen-bond acceptors (Lipinski definition) is 2.